The molecule has 0 spiro atoms. The zero-order valence-corrected chi connectivity index (χ0v) is 10.7. The van der Waals surface area contributed by atoms with E-state index in [1.54, 1.807) is 13.2 Å². The van der Waals surface area contributed by atoms with Gasteiger partial charge in [0.1, 0.15) is 5.75 Å². The average Bonchev–Trinajstić information content (AvgIpc) is 2.38. The number of nitrogens with zero attached hydrogens (tertiary/aromatic N) is 1. The van der Waals surface area contributed by atoms with E-state index in [0.717, 1.165) is 11.3 Å². The van der Waals surface area contributed by atoms with Gasteiger partial charge in [-0.15, -0.1) is 0 Å². The first-order chi connectivity index (χ1) is 8.61. The lowest BCUT2D eigenvalue weighted by Gasteiger charge is -2.12. The SMILES string of the molecule is COc1ccc(C(C)C)cc1-c1ccnc(=O)[nH]1. The van der Waals surface area contributed by atoms with Crippen molar-refractivity contribution in [3.05, 3.63) is 46.5 Å². The summed E-state index contributed by atoms with van der Waals surface area (Å²) < 4.78 is 5.33. The quantitative estimate of drug-likeness (QED) is 0.902. The molecule has 0 unspecified atom stereocenters. The molecule has 0 radical (unpaired) electrons. The lowest BCUT2D eigenvalue weighted by molar-refractivity contribution is 0.416. The lowest BCUT2D eigenvalue weighted by Crippen LogP contribution is -2.09. The lowest BCUT2D eigenvalue weighted by atomic mass is 9.99. The Hall–Kier alpha value is -2.10. The first-order valence-corrected chi connectivity index (χ1v) is 5.85. The van der Waals surface area contributed by atoms with Gasteiger partial charge < -0.3 is 9.72 Å². The van der Waals surface area contributed by atoms with Crippen LogP contribution in [0.2, 0.25) is 0 Å². The van der Waals surface area contributed by atoms with E-state index >= 15 is 0 Å². The fourth-order valence-electron chi connectivity index (χ4n) is 1.82. The summed E-state index contributed by atoms with van der Waals surface area (Å²) in [6, 6.07) is 7.76. The molecule has 2 aromatic rings. The predicted molar refractivity (Wildman–Crippen MR) is 70.9 cm³/mol. The molecule has 94 valence electrons. The molecule has 0 atom stereocenters. The Kier molecular flexibility index (Phi) is 3.46. The molecular formula is C14H16N2O2. The van der Waals surface area contributed by atoms with Crippen LogP contribution in [0, 0.1) is 0 Å². The minimum atomic E-state index is -0.357. The number of rotatable bonds is 3. The summed E-state index contributed by atoms with van der Waals surface area (Å²) in [6.45, 7) is 4.25. The Morgan fingerprint density at radius 1 is 1.28 bits per heavy atom. The zero-order chi connectivity index (χ0) is 13.1. The number of nitrogens with one attached hydrogen (secondary N) is 1. The van der Waals surface area contributed by atoms with E-state index in [9.17, 15) is 4.79 Å². The van der Waals surface area contributed by atoms with Gasteiger partial charge in [-0.3, -0.25) is 0 Å². The van der Waals surface area contributed by atoms with E-state index in [4.69, 9.17) is 4.74 Å². The van der Waals surface area contributed by atoms with Crippen molar-refractivity contribution in [1.29, 1.82) is 0 Å². The standard InChI is InChI=1S/C14H16N2O2/c1-9(2)10-4-5-13(18-3)11(8-10)12-6-7-15-14(17)16-12/h4-9H,1-3H3,(H,15,16,17). The van der Waals surface area contributed by atoms with Gasteiger partial charge in [-0.2, -0.15) is 0 Å². The molecule has 18 heavy (non-hydrogen) atoms. The highest BCUT2D eigenvalue weighted by Gasteiger charge is 2.09. The Labute approximate surface area is 106 Å². The second-order valence-electron chi connectivity index (χ2n) is 4.40. The van der Waals surface area contributed by atoms with Crippen LogP contribution in [-0.4, -0.2) is 17.1 Å². The molecule has 0 aliphatic heterocycles. The Morgan fingerprint density at radius 2 is 2.06 bits per heavy atom. The maximum absolute atomic E-state index is 11.3. The minimum Gasteiger partial charge on any atom is -0.496 e. The van der Waals surface area contributed by atoms with Crippen molar-refractivity contribution in [2.45, 2.75) is 19.8 Å². The van der Waals surface area contributed by atoms with Crippen LogP contribution in [0.1, 0.15) is 25.3 Å². The molecule has 4 heteroatoms. The molecular weight excluding hydrogens is 228 g/mol. The third-order valence-electron chi connectivity index (χ3n) is 2.85. The second-order valence-corrected chi connectivity index (χ2v) is 4.40. The van der Waals surface area contributed by atoms with Crippen LogP contribution in [0.3, 0.4) is 0 Å². The zero-order valence-electron chi connectivity index (χ0n) is 10.7. The summed E-state index contributed by atoms with van der Waals surface area (Å²) >= 11 is 0. The van der Waals surface area contributed by atoms with Crippen molar-refractivity contribution in [2.24, 2.45) is 0 Å². The number of methoxy groups -OCH3 is 1. The Bertz CT molecular complexity index is 603. The summed E-state index contributed by atoms with van der Waals surface area (Å²) in [5.41, 5.74) is 2.44. The van der Waals surface area contributed by atoms with Crippen molar-refractivity contribution < 1.29 is 4.74 Å². The normalized spacial score (nSPS) is 10.7. The van der Waals surface area contributed by atoms with Crippen molar-refractivity contribution in [1.82, 2.24) is 9.97 Å². The third kappa shape index (κ3) is 2.42. The number of benzene rings is 1. The number of ether oxygens (including phenoxy) is 1. The van der Waals surface area contributed by atoms with E-state index in [1.807, 2.05) is 18.2 Å². The summed E-state index contributed by atoms with van der Waals surface area (Å²) in [6.07, 6.45) is 1.50. The molecule has 1 aromatic carbocycles. The monoisotopic (exact) mass is 244 g/mol. The van der Waals surface area contributed by atoms with Crippen molar-refractivity contribution >= 4 is 0 Å². The topological polar surface area (TPSA) is 55.0 Å². The number of aromatic nitrogens is 2. The largest absolute Gasteiger partial charge is 0.496 e. The maximum Gasteiger partial charge on any atom is 0.345 e. The number of aromatic amines is 1. The van der Waals surface area contributed by atoms with Crippen LogP contribution in [0.4, 0.5) is 0 Å². The average molecular weight is 244 g/mol. The number of hydrogen-bond donors (Lipinski definition) is 1. The summed E-state index contributed by atoms with van der Waals surface area (Å²) in [7, 11) is 1.62. The molecule has 0 aliphatic carbocycles. The van der Waals surface area contributed by atoms with Crippen molar-refractivity contribution in [3.8, 4) is 17.0 Å². The maximum atomic E-state index is 11.3. The van der Waals surface area contributed by atoms with Gasteiger partial charge in [0.25, 0.3) is 0 Å². The van der Waals surface area contributed by atoms with Crippen LogP contribution in [0.25, 0.3) is 11.3 Å². The molecule has 0 bridgehead atoms. The van der Waals surface area contributed by atoms with Gasteiger partial charge in [0.05, 0.1) is 12.8 Å². The molecule has 0 saturated heterocycles. The van der Waals surface area contributed by atoms with E-state index in [0.29, 0.717) is 11.6 Å². The van der Waals surface area contributed by atoms with Gasteiger partial charge in [0.2, 0.25) is 0 Å². The fraction of sp³-hybridized carbons (Fsp3) is 0.286. The van der Waals surface area contributed by atoms with E-state index in [2.05, 4.69) is 23.8 Å². The fourth-order valence-corrected chi connectivity index (χ4v) is 1.82. The van der Waals surface area contributed by atoms with E-state index in [-0.39, 0.29) is 5.69 Å². The van der Waals surface area contributed by atoms with Crippen molar-refractivity contribution in [2.75, 3.05) is 7.11 Å². The van der Waals surface area contributed by atoms with Crippen LogP contribution in [0.5, 0.6) is 5.75 Å². The molecule has 0 aliphatic rings. The van der Waals surface area contributed by atoms with Crippen LogP contribution in [-0.2, 0) is 0 Å². The molecule has 1 aromatic heterocycles. The summed E-state index contributed by atoms with van der Waals surface area (Å²) in [4.78, 5) is 17.6. The number of hydrogen-bond acceptors (Lipinski definition) is 3. The summed E-state index contributed by atoms with van der Waals surface area (Å²) in [5, 5.41) is 0. The van der Waals surface area contributed by atoms with Crippen LogP contribution < -0.4 is 10.4 Å². The molecule has 0 saturated carbocycles. The highest BCUT2D eigenvalue weighted by molar-refractivity contribution is 5.67. The molecule has 0 amide bonds. The highest BCUT2D eigenvalue weighted by atomic mass is 16.5. The summed E-state index contributed by atoms with van der Waals surface area (Å²) in [5.74, 6) is 1.16. The minimum absolute atomic E-state index is 0.357. The second kappa shape index (κ2) is 5.04. The highest BCUT2D eigenvalue weighted by Crippen LogP contribution is 2.31. The smallest absolute Gasteiger partial charge is 0.345 e. The Morgan fingerprint density at radius 3 is 2.67 bits per heavy atom. The predicted octanol–water partition coefficient (Wildman–Crippen LogP) is 2.57. The van der Waals surface area contributed by atoms with Gasteiger partial charge >= 0.3 is 5.69 Å². The van der Waals surface area contributed by atoms with Gasteiger partial charge in [0.15, 0.2) is 0 Å². The van der Waals surface area contributed by atoms with Crippen molar-refractivity contribution in [3.63, 3.8) is 0 Å². The van der Waals surface area contributed by atoms with E-state index in [1.165, 1.54) is 11.8 Å². The molecule has 2 rings (SSSR count). The van der Waals surface area contributed by atoms with E-state index < -0.39 is 0 Å². The Balaban J connectivity index is 2.60. The van der Waals surface area contributed by atoms with Crippen LogP contribution >= 0.6 is 0 Å². The molecule has 4 nitrogen and oxygen atoms in total. The van der Waals surface area contributed by atoms with Gasteiger partial charge in [-0.25, -0.2) is 9.78 Å². The first kappa shape index (κ1) is 12.4. The number of H-pyrrole nitrogens is 1. The molecule has 0 fully saturated rings. The first-order valence-electron chi connectivity index (χ1n) is 5.85. The van der Waals surface area contributed by atoms with Gasteiger partial charge in [-0.05, 0) is 29.7 Å². The van der Waals surface area contributed by atoms with Gasteiger partial charge in [-0.1, -0.05) is 19.9 Å². The van der Waals surface area contributed by atoms with Crippen LogP contribution in [0.15, 0.2) is 35.3 Å². The molecule has 1 heterocycles. The van der Waals surface area contributed by atoms with Gasteiger partial charge in [0, 0.05) is 11.8 Å². The third-order valence-corrected chi connectivity index (χ3v) is 2.85. The molecule has 1 N–H and O–H groups in total.